The zero-order valence-electron chi connectivity index (χ0n) is 25.8. The molecule has 3 amide bonds. The number of carbonyl (C=O) groups is 3. The first-order chi connectivity index (χ1) is 19.5. The van der Waals surface area contributed by atoms with Gasteiger partial charge in [0, 0.05) is 17.6 Å². The van der Waals surface area contributed by atoms with E-state index in [2.05, 4.69) is 10.6 Å². The summed E-state index contributed by atoms with van der Waals surface area (Å²) in [6.07, 6.45) is -0.630. The molecular weight excluding hydrogens is 530 g/mol. The molecule has 0 saturated heterocycles. The molecule has 0 saturated carbocycles. The second-order valence-electron chi connectivity index (χ2n) is 12.6. The quantitative estimate of drug-likeness (QED) is 0.287. The van der Waals surface area contributed by atoms with Crippen molar-refractivity contribution in [2.45, 2.75) is 85.0 Å². The molecule has 0 bridgehead atoms. The zero-order chi connectivity index (χ0) is 31.2. The Morgan fingerprint density at radius 2 is 1.45 bits per heavy atom. The van der Waals surface area contributed by atoms with Gasteiger partial charge in [-0.3, -0.25) is 9.59 Å². The Bertz CT molecular complexity index is 1390. The van der Waals surface area contributed by atoms with Gasteiger partial charge in [-0.05, 0) is 90.3 Å². The fourth-order valence-corrected chi connectivity index (χ4v) is 4.61. The summed E-state index contributed by atoms with van der Waals surface area (Å²) in [5.74, 6) is -0.741. The summed E-state index contributed by atoms with van der Waals surface area (Å²) in [6.45, 7) is 14.7. The van der Waals surface area contributed by atoms with Gasteiger partial charge in [0.15, 0.2) is 0 Å². The molecule has 0 fully saturated rings. The number of benzene rings is 3. The number of nitrogens with one attached hydrogen (secondary N) is 2. The van der Waals surface area contributed by atoms with Crippen LogP contribution in [0.2, 0.25) is 0 Å². The van der Waals surface area contributed by atoms with Gasteiger partial charge >= 0.3 is 6.09 Å². The maximum absolute atomic E-state index is 14.6. The standard InChI is InChI=1S/C34H43N3O5/c1-22-13-17-25(18-14-22)29(30(39)35-27-12-10-9-11-23(27)2)37(33(3,4)5)31(40)28(36-32(41)42-34(6,7)8)21-24-15-19-26(38)20-16-24/h9-20,28-29,38H,21H2,1-8H3,(H,35,39)(H,36,41). The Kier molecular flexibility index (Phi) is 10.0. The third-order valence-corrected chi connectivity index (χ3v) is 6.63. The number of carbonyl (C=O) groups excluding carboxylic acids is 3. The van der Waals surface area contributed by atoms with E-state index in [1.165, 1.54) is 17.0 Å². The Hall–Kier alpha value is -4.33. The van der Waals surface area contributed by atoms with Crippen LogP contribution in [0.5, 0.6) is 5.75 Å². The minimum absolute atomic E-state index is 0.0883. The molecule has 8 heteroatoms. The van der Waals surface area contributed by atoms with Crippen LogP contribution in [0.3, 0.4) is 0 Å². The van der Waals surface area contributed by atoms with E-state index in [4.69, 9.17) is 4.74 Å². The number of aromatic hydroxyl groups is 1. The van der Waals surface area contributed by atoms with Crippen LogP contribution in [0.25, 0.3) is 0 Å². The predicted molar refractivity (Wildman–Crippen MR) is 165 cm³/mol. The normalized spacial score (nSPS) is 13.0. The maximum Gasteiger partial charge on any atom is 0.408 e. The van der Waals surface area contributed by atoms with Crippen LogP contribution in [0.15, 0.2) is 72.8 Å². The van der Waals surface area contributed by atoms with Crippen molar-refractivity contribution in [3.05, 3.63) is 95.1 Å². The summed E-state index contributed by atoms with van der Waals surface area (Å²) >= 11 is 0. The molecule has 0 aliphatic rings. The van der Waals surface area contributed by atoms with Gasteiger partial charge in [0.05, 0.1) is 0 Å². The van der Waals surface area contributed by atoms with Crippen LogP contribution >= 0.6 is 0 Å². The SMILES string of the molecule is Cc1ccc(C(C(=O)Nc2ccccc2C)N(C(=O)C(Cc2ccc(O)cc2)NC(=O)OC(C)(C)C)C(C)(C)C)cc1. The van der Waals surface area contributed by atoms with Gasteiger partial charge < -0.3 is 25.4 Å². The van der Waals surface area contributed by atoms with Crippen LogP contribution in [-0.4, -0.2) is 45.1 Å². The van der Waals surface area contributed by atoms with E-state index in [1.54, 1.807) is 32.9 Å². The number of aryl methyl sites for hydroxylation is 2. The average Bonchev–Trinajstić information content (AvgIpc) is 2.88. The molecule has 0 heterocycles. The van der Waals surface area contributed by atoms with E-state index in [9.17, 15) is 19.5 Å². The van der Waals surface area contributed by atoms with Gasteiger partial charge in [0.2, 0.25) is 5.91 Å². The highest BCUT2D eigenvalue weighted by Gasteiger charge is 2.42. The molecule has 0 spiro atoms. The van der Waals surface area contributed by atoms with Crippen molar-refractivity contribution in [3.63, 3.8) is 0 Å². The molecule has 3 aromatic carbocycles. The highest BCUT2D eigenvalue weighted by atomic mass is 16.6. The summed E-state index contributed by atoms with van der Waals surface area (Å²) in [5, 5.41) is 15.6. The minimum atomic E-state index is -1.07. The Labute approximate surface area is 249 Å². The molecule has 0 radical (unpaired) electrons. The van der Waals surface area contributed by atoms with Gasteiger partial charge in [-0.25, -0.2) is 4.79 Å². The fourth-order valence-electron chi connectivity index (χ4n) is 4.61. The number of phenolic OH excluding ortho intramolecular Hbond substituents is 1. The second kappa shape index (κ2) is 13.1. The summed E-state index contributed by atoms with van der Waals surface area (Å²) in [5.41, 5.74) is 2.29. The molecule has 2 atom stereocenters. The maximum atomic E-state index is 14.6. The number of para-hydroxylation sites is 1. The number of anilines is 1. The van der Waals surface area contributed by atoms with Crippen molar-refractivity contribution in [1.29, 1.82) is 0 Å². The van der Waals surface area contributed by atoms with Gasteiger partial charge in [-0.15, -0.1) is 0 Å². The number of nitrogens with zero attached hydrogens (tertiary/aromatic N) is 1. The van der Waals surface area contributed by atoms with Crippen LogP contribution in [0, 0.1) is 13.8 Å². The molecule has 0 aliphatic heterocycles. The lowest BCUT2D eigenvalue weighted by atomic mass is 9.93. The number of hydrogen-bond donors (Lipinski definition) is 3. The zero-order valence-corrected chi connectivity index (χ0v) is 25.8. The topological polar surface area (TPSA) is 108 Å². The predicted octanol–water partition coefficient (Wildman–Crippen LogP) is 6.45. The first-order valence-corrected chi connectivity index (χ1v) is 14.1. The minimum Gasteiger partial charge on any atom is -0.508 e. The number of alkyl carbamates (subject to hydrolysis) is 1. The number of ether oxygens (including phenoxy) is 1. The summed E-state index contributed by atoms with van der Waals surface area (Å²) in [7, 11) is 0. The van der Waals surface area contributed by atoms with E-state index < -0.39 is 35.2 Å². The lowest BCUT2D eigenvalue weighted by molar-refractivity contribution is -0.146. The molecule has 3 N–H and O–H groups in total. The summed E-state index contributed by atoms with van der Waals surface area (Å²) in [4.78, 5) is 43.2. The first kappa shape index (κ1) is 32.2. The number of amides is 3. The fraction of sp³-hybridized carbons (Fsp3) is 0.382. The lowest BCUT2D eigenvalue weighted by Crippen LogP contribution is -2.58. The van der Waals surface area contributed by atoms with Crippen LogP contribution in [-0.2, 0) is 20.7 Å². The summed E-state index contributed by atoms with van der Waals surface area (Å²) in [6, 6.07) is 19.3. The van der Waals surface area contributed by atoms with Crippen molar-refractivity contribution in [1.82, 2.24) is 10.2 Å². The van der Waals surface area contributed by atoms with Crippen molar-refractivity contribution >= 4 is 23.6 Å². The van der Waals surface area contributed by atoms with Gasteiger partial charge in [-0.1, -0.05) is 60.2 Å². The van der Waals surface area contributed by atoms with Crippen molar-refractivity contribution < 1.29 is 24.2 Å². The molecule has 3 rings (SSSR count). The molecule has 8 nitrogen and oxygen atoms in total. The van der Waals surface area contributed by atoms with E-state index in [1.807, 2.05) is 83.1 Å². The Balaban J connectivity index is 2.10. The Morgan fingerprint density at radius 3 is 2.00 bits per heavy atom. The van der Waals surface area contributed by atoms with Crippen LogP contribution in [0.1, 0.15) is 69.8 Å². The Morgan fingerprint density at radius 1 is 0.857 bits per heavy atom. The van der Waals surface area contributed by atoms with E-state index >= 15 is 0 Å². The van der Waals surface area contributed by atoms with E-state index in [0.717, 1.165) is 11.1 Å². The van der Waals surface area contributed by atoms with Crippen molar-refractivity contribution in [2.24, 2.45) is 0 Å². The van der Waals surface area contributed by atoms with Crippen LogP contribution < -0.4 is 10.6 Å². The van der Waals surface area contributed by atoms with Gasteiger partial charge in [-0.2, -0.15) is 0 Å². The third kappa shape index (κ3) is 8.83. The summed E-state index contributed by atoms with van der Waals surface area (Å²) < 4.78 is 5.50. The second-order valence-corrected chi connectivity index (χ2v) is 12.6. The number of hydrogen-bond acceptors (Lipinski definition) is 5. The molecule has 3 aromatic rings. The third-order valence-electron chi connectivity index (χ3n) is 6.63. The average molecular weight is 574 g/mol. The highest BCUT2D eigenvalue weighted by Crippen LogP contribution is 2.32. The smallest absolute Gasteiger partial charge is 0.408 e. The lowest BCUT2D eigenvalue weighted by Gasteiger charge is -2.43. The van der Waals surface area contributed by atoms with Crippen LogP contribution in [0.4, 0.5) is 10.5 Å². The van der Waals surface area contributed by atoms with E-state index in [-0.39, 0.29) is 18.1 Å². The molecule has 0 aliphatic carbocycles. The number of rotatable bonds is 8. The molecule has 224 valence electrons. The molecule has 2 unspecified atom stereocenters. The van der Waals surface area contributed by atoms with E-state index in [0.29, 0.717) is 16.8 Å². The van der Waals surface area contributed by atoms with Gasteiger partial charge in [0.1, 0.15) is 23.4 Å². The largest absolute Gasteiger partial charge is 0.508 e. The number of phenols is 1. The monoisotopic (exact) mass is 573 g/mol. The van der Waals surface area contributed by atoms with Gasteiger partial charge in [0.25, 0.3) is 5.91 Å². The molecular formula is C34H43N3O5. The van der Waals surface area contributed by atoms with Crippen molar-refractivity contribution in [3.8, 4) is 5.75 Å². The molecule has 42 heavy (non-hydrogen) atoms. The first-order valence-electron chi connectivity index (χ1n) is 14.1. The molecule has 0 aromatic heterocycles. The highest BCUT2D eigenvalue weighted by molar-refractivity contribution is 5.99. The van der Waals surface area contributed by atoms with Crippen molar-refractivity contribution in [2.75, 3.05) is 5.32 Å².